The number of rotatable bonds is 7. The van der Waals surface area contributed by atoms with Gasteiger partial charge in [-0.15, -0.1) is 0 Å². The van der Waals surface area contributed by atoms with Crippen LogP contribution in [-0.2, 0) is 21.4 Å². The maximum absolute atomic E-state index is 12.9. The third-order valence-electron chi connectivity index (χ3n) is 5.13. The molecule has 0 radical (unpaired) electrons. The highest BCUT2D eigenvalue weighted by atomic mass is 32.2. The number of hydrogen-bond donors (Lipinski definition) is 2. The van der Waals surface area contributed by atoms with Gasteiger partial charge in [0.05, 0.1) is 21.2 Å². The number of nitrogens with one attached hydrogen (secondary N) is 1. The van der Waals surface area contributed by atoms with Gasteiger partial charge in [0.15, 0.2) is 5.16 Å². The Balaban J connectivity index is 1.57. The van der Waals surface area contributed by atoms with Crippen molar-refractivity contribution in [2.24, 2.45) is 5.14 Å². The second-order valence-electron chi connectivity index (χ2n) is 7.55. The number of imidazole rings is 1. The molecule has 3 aromatic carbocycles. The maximum atomic E-state index is 12.9. The van der Waals surface area contributed by atoms with Gasteiger partial charge < -0.3 is 9.88 Å². The highest BCUT2D eigenvalue weighted by molar-refractivity contribution is 8.00. The van der Waals surface area contributed by atoms with E-state index in [0.717, 1.165) is 28.4 Å². The number of aryl methyl sites for hydroxylation is 1. The van der Waals surface area contributed by atoms with Crippen molar-refractivity contribution in [2.45, 2.75) is 42.1 Å². The summed E-state index contributed by atoms with van der Waals surface area (Å²) in [5.41, 5.74) is 2.08. The van der Waals surface area contributed by atoms with Crippen molar-refractivity contribution >= 4 is 55.2 Å². The number of primary sulfonamides is 1. The number of nitrogens with two attached hydrogens (primary N) is 1. The van der Waals surface area contributed by atoms with Crippen LogP contribution < -0.4 is 10.5 Å². The van der Waals surface area contributed by atoms with Crippen LogP contribution in [0.15, 0.2) is 70.7 Å². The fourth-order valence-electron chi connectivity index (χ4n) is 3.52. The Labute approximate surface area is 191 Å². The van der Waals surface area contributed by atoms with Gasteiger partial charge in [-0.05, 0) is 54.4 Å². The minimum atomic E-state index is -3.82. The van der Waals surface area contributed by atoms with Crippen LogP contribution in [0.5, 0.6) is 0 Å². The zero-order chi connectivity index (χ0) is 22.9. The van der Waals surface area contributed by atoms with E-state index < -0.39 is 15.3 Å². The largest absolute Gasteiger partial charge is 0.325 e. The van der Waals surface area contributed by atoms with E-state index in [2.05, 4.69) is 17.2 Å². The number of carbonyl (C=O) groups excluding carboxylic acids is 1. The third kappa shape index (κ3) is 4.64. The van der Waals surface area contributed by atoms with Crippen LogP contribution in [0.3, 0.4) is 0 Å². The van der Waals surface area contributed by atoms with Crippen LogP contribution in [0.4, 0.5) is 5.69 Å². The van der Waals surface area contributed by atoms with E-state index in [1.54, 1.807) is 6.07 Å². The molecule has 0 bridgehead atoms. The zero-order valence-corrected chi connectivity index (χ0v) is 19.4. The lowest BCUT2D eigenvalue weighted by Crippen LogP contribution is -2.22. The number of benzene rings is 3. The molecule has 1 aromatic heterocycles. The number of amides is 1. The number of hydrogen-bond acceptors (Lipinski definition) is 5. The molecule has 1 heterocycles. The number of carbonyl (C=O) groups is 1. The second-order valence-corrected chi connectivity index (χ2v) is 10.4. The molecule has 4 rings (SSSR count). The summed E-state index contributed by atoms with van der Waals surface area (Å²) in [7, 11) is -3.82. The lowest BCUT2D eigenvalue weighted by molar-refractivity contribution is -0.115. The predicted octanol–water partition coefficient (Wildman–Crippen LogP) is 4.37. The lowest BCUT2D eigenvalue weighted by Gasteiger charge is -2.13. The Kier molecular flexibility index (Phi) is 6.23. The molecule has 0 aliphatic heterocycles. The molecular weight excluding hydrogens is 444 g/mol. The van der Waals surface area contributed by atoms with Gasteiger partial charge >= 0.3 is 0 Å². The third-order valence-corrected chi connectivity index (χ3v) is 7.13. The maximum Gasteiger partial charge on any atom is 0.238 e. The molecule has 0 spiro atoms. The molecule has 32 heavy (non-hydrogen) atoms. The lowest BCUT2D eigenvalue weighted by atomic mass is 10.1. The number of thioether (sulfide) groups is 1. The Bertz CT molecular complexity index is 1410. The van der Waals surface area contributed by atoms with Crippen molar-refractivity contribution < 1.29 is 13.2 Å². The van der Waals surface area contributed by atoms with E-state index >= 15 is 0 Å². The number of fused-ring (bicyclic) bond motifs is 2. The van der Waals surface area contributed by atoms with Gasteiger partial charge in [-0.1, -0.05) is 49.0 Å². The topological polar surface area (TPSA) is 107 Å². The van der Waals surface area contributed by atoms with Crippen molar-refractivity contribution in [3.05, 3.63) is 60.7 Å². The van der Waals surface area contributed by atoms with Crippen LogP contribution in [0, 0.1) is 0 Å². The first-order valence-corrected chi connectivity index (χ1v) is 12.7. The summed E-state index contributed by atoms with van der Waals surface area (Å²) in [5.74, 6) is -0.134. The molecule has 7 nitrogen and oxygen atoms in total. The molecule has 4 aromatic rings. The van der Waals surface area contributed by atoms with Crippen LogP contribution in [0.1, 0.15) is 20.3 Å². The molecule has 3 N–H and O–H groups in total. The van der Waals surface area contributed by atoms with Gasteiger partial charge in [0.1, 0.15) is 0 Å². The normalized spacial score (nSPS) is 12.8. The standard InChI is InChI=1S/C23H24N4O3S2/c1-3-12-27-21-11-10-19(32(24,29)30)14-20(21)26-23(27)31-15(2)22(28)25-18-9-8-16-6-4-5-7-17(16)13-18/h4-11,13-15H,3,12H2,1-2H3,(H,25,28)(H2,24,29,30). The van der Waals surface area contributed by atoms with Gasteiger partial charge in [0, 0.05) is 12.2 Å². The van der Waals surface area contributed by atoms with E-state index in [9.17, 15) is 13.2 Å². The van der Waals surface area contributed by atoms with Crippen molar-refractivity contribution in [1.29, 1.82) is 0 Å². The molecule has 1 amide bonds. The van der Waals surface area contributed by atoms with Crippen molar-refractivity contribution in [2.75, 3.05) is 5.32 Å². The monoisotopic (exact) mass is 468 g/mol. The molecule has 0 saturated heterocycles. The molecule has 9 heteroatoms. The second kappa shape index (κ2) is 8.93. The molecule has 0 aliphatic rings. The first-order valence-electron chi connectivity index (χ1n) is 10.3. The summed E-state index contributed by atoms with van der Waals surface area (Å²) in [6, 6.07) is 18.5. The summed E-state index contributed by atoms with van der Waals surface area (Å²) in [6.45, 7) is 4.58. The van der Waals surface area contributed by atoms with Gasteiger partial charge in [-0.2, -0.15) is 0 Å². The molecular formula is C23H24N4O3S2. The van der Waals surface area contributed by atoms with Gasteiger partial charge in [-0.3, -0.25) is 4.79 Å². The van der Waals surface area contributed by atoms with E-state index in [1.807, 2.05) is 54.0 Å². The first kappa shape index (κ1) is 22.3. The number of nitrogens with zero attached hydrogens (tertiary/aromatic N) is 2. The van der Waals surface area contributed by atoms with Gasteiger partial charge in [0.2, 0.25) is 15.9 Å². The summed E-state index contributed by atoms with van der Waals surface area (Å²) in [6.07, 6.45) is 0.869. The Hall–Kier alpha value is -2.88. The predicted molar refractivity (Wildman–Crippen MR) is 129 cm³/mol. The number of anilines is 1. The van der Waals surface area contributed by atoms with Crippen LogP contribution in [-0.4, -0.2) is 29.1 Å². The summed E-state index contributed by atoms with van der Waals surface area (Å²) in [5, 5.41) is 10.7. The minimum Gasteiger partial charge on any atom is -0.325 e. The fraction of sp³-hybridized carbons (Fsp3) is 0.217. The summed E-state index contributed by atoms with van der Waals surface area (Å²) < 4.78 is 25.4. The van der Waals surface area contributed by atoms with Crippen molar-refractivity contribution in [3.8, 4) is 0 Å². The Morgan fingerprint density at radius 2 is 1.88 bits per heavy atom. The highest BCUT2D eigenvalue weighted by Crippen LogP contribution is 2.29. The SMILES string of the molecule is CCCn1c(SC(C)C(=O)Nc2ccc3ccccc3c2)nc2cc(S(N)(=O)=O)ccc21. The zero-order valence-electron chi connectivity index (χ0n) is 17.8. The average Bonchev–Trinajstić information content (AvgIpc) is 3.09. The summed E-state index contributed by atoms with van der Waals surface area (Å²) >= 11 is 1.34. The van der Waals surface area contributed by atoms with Crippen molar-refractivity contribution in [1.82, 2.24) is 9.55 Å². The van der Waals surface area contributed by atoms with Crippen molar-refractivity contribution in [3.63, 3.8) is 0 Å². The van der Waals surface area contributed by atoms with E-state index in [0.29, 0.717) is 17.2 Å². The molecule has 0 aliphatic carbocycles. The van der Waals surface area contributed by atoms with Gasteiger partial charge in [-0.25, -0.2) is 18.5 Å². The molecule has 0 fully saturated rings. The molecule has 166 valence electrons. The Morgan fingerprint density at radius 3 is 2.59 bits per heavy atom. The van der Waals surface area contributed by atoms with Crippen LogP contribution in [0.25, 0.3) is 21.8 Å². The number of aromatic nitrogens is 2. The molecule has 1 atom stereocenters. The van der Waals surface area contributed by atoms with E-state index in [1.165, 1.54) is 23.9 Å². The number of sulfonamides is 1. The van der Waals surface area contributed by atoms with E-state index in [4.69, 9.17) is 5.14 Å². The van der Waals surface area contributed by atoms with E-state index in [-0.39, 0.29) is 10.8 Å². The average molecular weight is 469 g/mol. The first-order chi connectivity index (χ1) is 15.3. The quantitative estimate of drug-likeness (QED) is 0.392. The summed E-state index contributed by atoms with van der Waals surface area (Å²) in [4.78, 5) is 17.5. The smallest absolute Gasteiger partial charge is 0.238 e. The fourth-order valence-corrected chi connectivity index (χ4v) is 5.00. The highest BCUT2D eigenvalue weighted by Gasteiger charge is 2.20. The Morgan fingerprint density at radius 1 is 1.12 bits per heavy atom. The van der Waals surface area contributed by atoms with Crippen LogP contribution >= 0.6 is 11.8 Å². The van der Waals surface area contributed by atoms with Gasteiger partial charge in [0.25, 0.3) is 0 Å². The minimum absolute atomic E-state index is 0.0183. The molecule has 1 unspecified atom stereocenters. The molecule has 0 saturated carbocycles. The van der Waals surface area contributed by atoms with Crippen LogP contribution in [0.2, 0.25) is 0 Å².